The van der Waals surface area contributed by atoms with Gasteiger partial charge in [-0.1, -0.05) is 47.0 Å². The lowest BCUT2D eigenvalue weighted by Gasteiger charge is -2.24. The van der Waals surface area contributed by atoms with Crippen LogP contribution < -0.4 is 0 Å². The molecule has 1 aromatic heterocycles. The fourth-order valence-electron chi connectivity index (χ4n) is 3.29. The van der Waals surface area contributed by atoms with E-state index in [0.717, 1.165) is 11.8 Å². The molecule has 0 saturated heterocycles. The second-order valence-electron chi connectivity index (χ2n) is 6.42. The Morgan fingerprint density at radius 1 is 1.00 bits per heavy atom. The van der Waals surface area contributed by atoms with Gasteiger partial charge in [-0.2, -0.15) is 0 Å². The van der Waals surface area contributed by atoms with E-state index in [9.17, 15) is 4.79 Å². The molecule has 1 heterocycles. The molecule has 0 spiro atoms. The van der Waals surface area contributed by atoms with Crippen LogP contribution in [-0.2, 0) is 0 Å². The molecule has 1 aliphatic rings. The normalized spacial score (nSPS) is 17.4. The minimum Gasteiger partial charge on any atom is -0.298 e. The Labute approximate surface area is 121 Å². The lowest BCUT2D eigenvalue weighted by atomic mass is 9.80. The summed E-state index contributed by atoms with van der Waals surface area (Å²) in [7, 11) is 0. The zero-order valence-electron chi connectivity index (χ0n) is 12.7. The molecule has 0 N–H and O–H groups in total. The number of carbonyl (C=O) groups is 1. The van der Waals surface area contributed by atoms with Crippen LogP contribution >= 0.6 is 11.3 Å². The van der Waals surface area contributed by atoms with Crippen molar-refractivity contribution in [2.45, 2.75) is 77.6 Å². The van der Waals surface area contributed by atoms with Gasteiger partial charge in [0.25, 0.3) is 0 Å². The number of carbonyl (C=O) groups excluding carboxylic acids is 1. The van der Waals surface area contributed by atoms with Gasteiger partial charge in [0.05, 0.1) is 0 Å². The average molecular weight is 278 g/mol. The first-order chi connectivity index (χ1) is 9.06. The maximum absolute atomic E-state index is 11.6. The van der Waals surface area contributed by atoms with Gasteiger partial charge in [-0.15, -0.1) is 11.3 Å². The third-order valence-corrected chi connectivity index (χ3v) is 6.04. The maximum atomic E-state index is 11.6. The third kappa shape index (κ3) is 2.94. The van der Waals surface area contributed by atoms with Crippen molar-refractivity contribution in [1.29, 1.82) is 0 Å². The first-order valence-electron chi connectivity index (χ1n) is 7.67. The van der Waals surface area contributed by atoms with Gasteiger partial charge in [0.2, 0.25) is 0 Å². The van der Waals surface area contributed by atoms with Crippen LogP contribution in [0.15, 0.2) is 0 Å². The molecule has 0 unspecified atom stereocenters. The van der Waals surface area contributed by atoms with Crippen molar-refractivity contribution in [1.82, 2.24) is 0 Å². The Balaban J connectivity index is 2.50. The summed E-state index contributed by atoms with van der Waals surface area (Å²) < 4.78 is 0. The van der Waals surface area contributed by atoms with Crippen molar-refractivity contribution < 1.29 is 4.79 Å². The second-order valence-corrected chi connectivity index (χ2v) is 7.50. The highest BCUT2D eigenvalue weighted by Crippen LogP contribution is 2.45. The minimum atomic E-state index is 0.458. The SMILES string of the molecule is CC(C)c1sc(C(C)C)c(C2CCCCC2)c1C=O. The number of hydrogen-bond acceptors (Lipinski definition) is 2. The fourth-order valence-corrected chi connectivity index (χ4v) is 4.65. The summed E-state index contributed by atoms with van der Waals surface area (Å²) in [5.41, 5.74) is 2.45. The van der Waals surface area contributed by atoms with Gasteiger partial charge in [-0.25, -0.2) is 0 Å². The molecule has 1 saturated carbocycles. The highest BCUT2D eigenvalue weighted by Gasteiger charge is 2.27. The first kappa shape index (κ1) is 14.8. The van der Waals surface area contributed by atoms with E-state index in [1.807, 2.05) is 11.3 Å². The van der Waals surface area contributed by atoms with Gasteiger partial charge in [0.15, 0.2) is 6.29 Å². The summed E-state index contributed by atoms with van der Waals surface area (Å²) in [4.78, 5) is 14.4. The number of aldehydes is 1. The molecule has 2 rings (SSSR count). The lowest BCUT2D eigenvalue weighted by molar-refractivity contribution is 0.112. The van der Waals surface area contributed by atoms with Crippen LogP contribution in [-0.4, -0.2) is 6.29 Å². The van der Waals surface area contributed by atoms with Gasteiger partial charge in [-0.05, 0) is 36.2 Å². The molecule has 19 heavy (non-hydrogen) atoms. The van der Waals surface area contributed by atoms with Crippen molar-refractivity contribution in [3.8, 4) is 0 Å². The van der Waals surface area contributed by atoms with E-state index in [1.165, 1.54) is 47.4 Å². The molecular formula is C17H26OS. The summed E-state index contributed by atoms with van der Waals surface area (Å²) in [6, 6.07) is 0. The van der Waals surface area contributed by atoms with Crippen LogP contribution in [0.5, 0.6) is 0 Å². The first-order valence-corrected chi connectivity index (χ1v) is 8.49. The van der Waals surface area contributed by atoms with Gasteiger partial charge >= 0.3 is 0 Å². The van der Waals surface area contributed by atoms with E-state index >= 15 is 0 Å². The molecule has 1 aromatic rings. The summed E-state index contributed by atoms with van der Waals surface area (Å²) >= 11 is 1.89. The molecular weight excluding hydrogens is 252 g/mol. The topological polar surface area (TPSA) is 17.1 Å². The maximum Gasteiger partial charge on any atom is 0.151 e. The summed E-state index contributed by atoms with van der Waals surface area (Å²) in [6.07, 6.45) is 7.69. The van der Waals surface area contributed by atoms with Gasteiger partial charge in [0.1, 0.15) is 0 Å². The molecule has 0 bridgehead atoms. The van der Waals surface area contributed by atoms with E-state index in [0.29, 0.717) is 17.8 Å². The van der Waals surface area contributed by atoms with E-state index in [2.05, 4.69) is 27.7 Å². The monoisotopic (exact) mass is 278 g/mol. The van der Waals surface area contributed by atoms with E-state index in [-0.39, 0.29) is 0 Å². The van der Waals surface area contributed by atoms with Crippen LogP contribution in [0.25, 0.3) is 0 Å². The fraction of sp³-hybridized carbons (Fsp3) is 0.706. The number of thiophene rings is 1. The molecule has 1 fully saturated rings. The minimum absolute atomic E-state index is 0.458. The Morgan fingerprint density at radius 3 is 2.05 bits per heavy atom. The van der Waals surface area contributed by atoms with Crippen LogP contribution in [0.1, 0.15) is 103 Å². The van der Waals surface area contributed by atoms with Crippen LogP contribution in [0, 0.1) is 0 Å². The second kappa shape index (κ2) is 6.21. The summed E-state index contributed by atoms with van der Waals surface area (Å²) in [5.74, 6) is 1.63. The van der Waals surface area contributed by atoms with Gasteiger partial charge in [0, 0.05) is 15.3 Å². The van der Waals surface area contributed by atoms with Crippen molar-refractivity contribution >= 4 is 17.6 Å². The highest BCUT2D eigenvalue weighted by molar-refractivity contribution is 7.12. The number of rotatable bonds is 4. The Morgan fingerprint density at radius 2 is 1.58 bits per heavy atom. The highest BCUT2D eigenvalue weighted by atomic mass is 32.1. The zero-order valence-corrected chi connectivity index (χ0v) is 13.5. The van der Waals surface area contributed by atoms with Crippen molar-refractivity contribution in [3.63, 3.8) is 0 Å². The zero-order chi connectivity index (χ0) is 14.0. The Hall–Kier alpha value is -0.630. The Kier molecular flexibility index (Phi) is 4.83. The average Bonchev–Trinajstić information content (AvgIpc) is 2.79. The Bertz CT molecular complexity index is 436. The number of hydrogen-bond donors (Lipinski definition) is 0. The molecule has 0 atom stereocenters. The molecule has 1 nitrogen and oxygen atoms in total. The van der Waals surface area contributed by atoms with Crippen LogP contribution in [0.3, 0.4) is 0 Å². The van der Waals surface area contributed by atoms with E-state index in [4.69, 9.17) is 0 Å². The van der Waals surface area contributed by atoms with Gasteiger partial charge in [-0.3, -0.25) is 4.79 Å². The summed E-state index contributed by atoms with van der Waals surface area (Å²) in [5, 5.41) is 0. The standard InChI is InChI=1S/C17H26OS/c1-11(2)16-14(10-18)15(17(19-16)12(3)4)13-8-6-5-7-9-13/h10-13H,5-9H2,1-4H3. The third-order valence-electron chi connectivity index (χ3n) is 4.22. The molecule has 0 amide bonds. The molecule has 0 aliphatic heterocycles. The molecule has 0 radical (unpaired) electrons. The largest absolute Gasteiger partial charge is 0.298 e. The van der Waals surface area contributed by atoms with Crippen LogP contribution in [0.2, 0.25) is 0 Å². The van der Waals surface area contributed by atoms with Crippen molar-refractivity contribution in [2.75, 3.05) is 0 Å². The molecule has 2 heteroatoms. The molecule has 0 aromatic carbocycles. The van der Waals surface area contributed by atoms with E-state index in [1.54, 1.807) is 0 Å². The molecule has 106 valence electrons. The molecule has 1 aliphatic carbocycles. The predicted molar refractivity (Wildman–Crippen MR) is 83.7 cm³/mol. The predicted octanol–water partition coefficient (Wildman–Crippen LogP) is 5.86. The van der Waals surface area contributed by atoms with Gasteiger partial charge < -0.3 is 0 Å². The van der Waals surface area contributed by atoms with Crippen molar-refractivity contribution in [2.24, 2.45) is 0 Å². The lowest BCUT2D eigenvalue weighted by Crippen LogP contribution is -2.09. The van der Waals surface area contributed by atoms with Crippen molar-refractivity contribution in [3.05, 3.63) is 20.9 Å². The quantitative estimate of drug-likeness (QED) is 0.631. The smallest absolute Gasteiger partial charge is 0.151 e. The van der Waals surface area contributed by atoms with Crippen LogP contribution in [0.4, 0.5) is 0 Å². The van der Waals surface area contributed by atoms with E-state index < -0.39 is 0 Å². The summed E-state index contributed by atoms with van der Waals surface area (Å²) in [6.45, 7) is 8.93.